The highest BCUT2D eigenvalue weighted by Crippen LogP contribution is 2.65. The van der Waals surface area contributed by atoms with E-state index in [0.717, 1.165) is 22.7 Å². The van der Waals surface area contributed by atoms with Gasteiger partial charge in [-0.3, -0.25) is 0 Å². The fourth-order valence-electron chi connectivity index (χ4n) is 14.6. The van der Waals surface area contributed by atoms with E-state index in [-0.39, 0.29) is 0 Å². The Morgan fingerprint density at radius 2 is 0.624 bits per heavy atom. The summed E-state index contributed by atoms with van der Waals surface area (Å²) in [5.74, 6) is 0. The summed E-state index contributed by atoms with van der Waals surface area (Å²) >= 11 is 3.74. The van der Waals surface area contributed by atoms with Crippen molar-refractivity contribution in [2.24, 2.45) is 0 Å². The number of thiophene rings is 2. The first-order valence-corrected chi connectivity index (χ1v) is 30.9. The van der Waals surface area contributed by atoms with Gasteiger partial charge in [0.2, 0.25) is 0 Å². The van der Waals surface area contributed by atoms with Gasteiger partial charge in [0, 0.05) is 53.7 Å². The first kappa shape index (κ1) is 48.2. The molecule has 396 valence electrons. The Kier molecular flexibility index (Phi) is 10.7. The summed E-state index contributed by atoms with van der Waals surface area (Å²) in [7, 11) is 0. The molecule has 2 aliphatic rings. The molecule has 0 N–H and O–H groups in total. The van der Waals surface area contributed by atoms with Crippen molar-refractivity contribution >= 4 is 119 Å². The standard InChI is InChI=1S/C81H50N2S2/c1-3-17-57(18-4-1)82(73-29-15-25-69-65-23-9-13-31-75(65)84-79(69)73)59-41-33-51(34-42-59)53-37-45-61-55(49-53)39-47-67-68-48-40-56-50-54(38-46-62(56)78(68)81(77(61)67)71-27-11-7-21-63(71)64-22-8-12-28-72(64)81)52-35-43-60(44-36-52)83(58-19-5-2-6-20-58)74-30-16-26-70-66-24-10-14-32-76(66)85-80(70)74/h1-50H. The summed E-state index contributed by atoms with van der Waals surface area (Å²) in [5.41, 5.74) is 21.7. The summed E-state index contributed by atoms with van der Waals surface area (Å²) in [6, 6.07) is 113. The number of rotatable bonds is 8. The minimum absolute atomic E-state index is 0.542. The second-order valence-corrected chi connectivity index (χ2v) is 24.7. The number of anilines is 6. The van der Waals surface area contributed by atoms with Crippen LogP contribution in [-0.4, -0.2) is 0 Å². The molecule has 0 fully saturated rings. The maximum atomic E-state index is 2.42. The Labute approximate surface area is 500 Å². The molecular formula is C81H50N2S2. The van der Waals surface area contributed by atoms with Gasteiger partial charge in [-0.05, 0) is 173 Å². The van der Waals surface area contributed by atoms with Gasteiger partial charge in [-0.15, -0.1) is 22.7 Å². The van der Waals surface area contributed by atoms with E-state index in [0.29, 0.717) is 0 Å². The lowest BCUT2D eigenvalue weighted by atomic mass is 9.68. The first-order valence-electron chi connectivity index (χ1n) is 29.2. The number of nitrogens with zero attached hydrogens (tertiary/aromatic N) is 2. The molecule has 16 aromatic rings. The van der Waals surface area contributed by atoms with Gasteiger partial charge in [-0.25, -0.2) is 0 Å². The van der Waals surface area contributed by atoms with Crippen LogP contribution in [0.4, 0.5) is 34.1 Å². The lowest BCUT2D eigenvalue weighted by Crippen LogP contribution is -2.26. The van der Waals surface area contributed by atoms with Crippen molar-refractivity contribution in [2.75, 3.05) is 9.80 Å². The molecule has 2 heterocycles. The van der Waals surface area contributed by atoms with Gasteiger partial charge in [0.05, 0.1) is 26.2 Å². The minimum atomic E-state index is -0.542. The topological polar surface area (TPSA) is 6.48 Å². The van der Waals surface area contributed by atoms with E-state index in [9.17, 15) is 0 Å². The zero-order chi connectivity index (χ0) is 55.7. The molecule has 0 radical (unpaired) electrons. The Bertz CT molecular complexity index is 5030. The molecule has 0 amide bonds. The van der Waals surface area contributed by atoms with Gasteiger partial charge in [-0.2, -0.15) is 0 Å². The third kappa shape index (κ3) is 7.17. The molecule has 0 saturated carbocycles. The lowest BCUT2D eigenvalue weighted by molar-refractivity contribution is 0.809. The number of hydrogen-bond donors (Lipinski definition) is 0. The van der Waals surface area contributed by atoms with E-state index in [4.69, 9.17) is 0 Å². The van der Waals surface area contributed by atoms with Gasteiger partial charge in [0.25, 0.3) is 0 Å². The van der Waals surface area contributed by atoms with Crippen molar-refractivity contribution in [1.29, 1.82) is 0 Å². The van der Waals surface area contributed by atoms with Crippen molar-refractivity contribution in [3.8, 4) is 44.5 Å². The summed E-state index contributed by atoms with van der Waals surface area (Å²) in [6.07, 6.45) is 0. The van der Waals surface area contributed by atoms with E-state index < -0.39 is 5.41 Å². The Morgan fingerprint density at radius 3 is 1.08 bits per heavy atom. The van der Waals surface area contributed by atoms with Gasteiger partial charge >= 0.3 is 0 Å². The zero-order valence-electron chi connectivity index (χ0n) is 46.1. The molecule has 0 bridgehead atoms. The van der Waals surface area contributed by atoms with Crippen molar-refractivity contribution < 1.29 is 0 Å². The highest BCUT2D eigenvalue weighted by atomic mass is 32.1. The highest BCUT2D eigenvalue weighted by Gasteiger charge is 2.53. The molecule has 2 aliphatic carbocycles. The monoisotopic (exact) mass is 1110 g/mol. The van der Waals surface area contributed by atoms with Crippen molar-refractivity contribution in [3.05, 3.63) is 326 Å². The van der Waals surface area contributed by atoms with Crippen LogP contribution in [-0.2, 0) is 5.41 Å². The molecule has 2 nitrogen and oxygen atoms in total. The van der Waals surface area contributed by atoms with Crippen LogP contribution in [0.1, 0.15) is 22.3 Å². The van der Waals surface area contributed by atoms with Crippen LogP contribution in [0.3, 0.4) is 0 Å². The summed E-state index contributed by atoms with van der Waals surface area (Å²) in [6.45, 7) is 0. The van der Waals surface area contributed by atoms with E-state index in [2.05, 4.69) is 313 Å². The van der Waals surface area contributed by atoms with Crippen molar-refractivity contribution in [3.63, 3.8) is 0 Å². The summed E-state index contributed by atoms with van der Waals surface area (Å²) < 4.78 is 5.18. The number of para-hydroxylation sites is 2. The SMILES string of the molecule is c1ccc(N(c2ccc(-c3ccc4c5c(ccc4c3)-c3ccc4cc(-c6ccc(N(c7ccccc7)c7cccc8c7sc7ccccc78)cc6)ccc4c3C53c4ccccc4-c4ccccc43)cc2)c2cccc3c2sc2ccccc23)cc1. The largest absolute Gasteiger partial charge is 0.309 e. The predicted molar refractivity (Wildman–Crippen MR) is 364 cm³/mol. The van der Waals surface area contributed by atoms with Crippen LogP contribution in [0.15, 0.2) is 303 Å². The smallest absolute Gasteiger partial charge is 0.0737 e. The minimum Gasteiger partial charge on any atom is -0.309 e. The molecule has 85 heavy (non-hydrogen) atoms. The number of hydrogen-bond acceptors (Lipinski definition) is 4. The summed E-state index contributed by atoms with van der Waals surface area (Å²) in [5, 5.41) is 10.2. The fraction of sp³-hybridized carbons (Fsp3) is 0.0123. The molecular weight excluding hydrogens is 1070 g/mol. The normalized spacial score (nSPS) is 12.8. The lowest BCUT2D eigenvalue weighted by Gasteiger charge is -2.32. The molecule has 0 unspecified atom stereocenters. The number of benzene rings is 14. The van der Waals surface area contributed by atoms with Crippen LogP contribution in [0.2, 0.25) is 0 Å². The maximum absolute atomic E-state index is 2.42. The molecule has 18 rings (SSSR count). The van der Waals surface area contributed by atoms with Gasteiger partial charge in [-0.1, -0.05) is 218 Å². The van der Waals surface area contributed by atoms with E-state index in [1.165, 1.54) is 140 Å². The van der Waals surface area contributed by atoms with E-state index in [1.54, 1.807) is 0 Å². The number of fused-ring (bicyclic) bond motifs is 20. The molecule has 2 aromatic heterocycles. The summed E-state index contributed by atoms with van der Waals surface area (Å²) in [4.78, 5) is 4.83. The van der Waals surface area contributed by atoms with Gasteiger partial charge < -0.3 is 9.80 Å². The predicted octanol–water partition coefficient (Wildman–Crippen LogP) is 23.3. The Balaban J connectivity index is 0.742. The zero-order valence-corrected chi connectivity index (χ0v) is 47.7. The maximum Gasteiger partial charge on any atom is 0.0737 e. The quantitative estimate of drug-likeness (QED) is 0.150. The van der Waals surface area contributed by atoms with Crippen LogP contribution >= 0.6 is 22.7 Å². The fourth-order valence-corrected chi connectivity index (χ4v) is 17.0. The molecule has 0 aliphatic heterocycles. The van der Waals surface area contributed by atoms with Gasteiger partial charge in [0.15, 0.2) is 0 Å². The van der Waals surface area contributed by atoms with E-state index >= 15 is 0 Å². The average molecular weight is 1120 g/mol. The Morgan fingerprint density at radius 1 is 0.247 bits per heavy atom. The molecule has 1 spiro atoms. The highest BCUT2D eigenvalue weighted by molar-refractivity contribution is 7.26. The van der Waals surface area contributed by atoms with Crippen molar-refractivity contribution in [2.45, 2.75) is 5.41 Å². The first-order chi connectivity index (χ1) is 42.2. The molecule has 0 atom stereocenters. The third-order valence-electron chi connectivity index (χ3n) is 18.2. The molecule has 14 aromatic carbocycles. The second kappa shape index (κ2) is 18.8. The third-order valence-corrected chi connectivity index (χ3v) is 20.6. The van der Waals surface area contributed by atoms with E-state index in [1.807, 2.05) is 22.7 Å². The van der Waals surface area contributed by atoms with Crippen molar-refractivity contribution in [1.82, 2.24) is 0 Å². The molecule has 0 saturated heterocycles. The second-order valence-electron chi connectivity index (χ2n) is 22.6. The molecule has 4 heteroatoms. The van der Waals surface area contributed by atoms with Crippen LogP contribution in [0.5, 0.6) is 0 Å². The van der Waals surface area contributed by atoms with Gasteiger partial charge in [0.1, 0.15) is 0 Å². The van der Waals surface area contributed by atoms with Crippen LogP contribution in [0, 0.1) is 0 Å². The van der Waals surface area contributed by atoms with Crippen LogP contribution < -0.4 is 9.80 Å². The Hall–Kier alpha value is -10.4. The average Bonchev–Trinajstić information content (AvgIpc) is 1.60. The van der Waals surface area contributed by atoms with Crippen LogP contribution in [0.25, 0.3) is 106 Å².